The lowest BCUT2D eigenvalue weighted by molar-refractivity contribution is -0.142. The molecule has 1 fully saturated rings. The average Bonchev–Trinajstić information content (AvgIpc) is 2.87. The third-order valence-corrected chi connectivity index (χ3v) is 5.36. The zero-order valence-corrected chi connectivity index (χ0v) is 13.0. The highest BCUT2D eigenvalue weighted by molar-refractivity contribution is 5.89. The molecule has 1 saturated heterocycles. The lowest BCUT2D eigenvalue weighted by atomic mass is 9.73. The van der Waals surface area contributed by atoms with E-state index < -0.39 is 5.97 Å². The fourth-order valence-corrected chi connectivity index (χ4v) is 4.29. The van der Waals surface area contributed by atoms with Crippen molar-refractivity contribution in [2.45, 2.75) is 44.7 Å². The summed E-state index contributed by atoms with van der Waals surface area (Å²) < 4.78 is 2.35. The molecule has 116 valence electrons. The number of hydrogen-bond acceptors (Lipinski definition) is 2. The Kier molecular flexibility index (Phi) is 3.05. The van der Waals surface area contributed by atoms with Gasteiger partial charge in [0.2, 0.25) is 0 Å². The van der Waals surface area contributed by atoms with Gasteiger partial charge in [0.1, 0.15) is 0 Å². The van der Waals surface area contributed by atoms with Gasteiger partial charge in [-0.2, -0.15) is 0 Å². The molecule has 4 heteroatoms. The monoisotopic (exact) mass is 298 g/mol. The Labute approximate surface area is 130 Å². The largest absolute Gasteiger partial charge is 0.481 e. The van der Waals surface area contributed by atoms with Gasteiger partial charge in [-0.3, -0.25) is 4.79 Å². The number of nitrogens with zero attached hydrogens (tertiary/aromatic N) is 1. The first kappa shape index (κ1) is 13.8. The molecule has 0 radical (unpaired) electrons. The predicted octanol–water partition coefficient (Wildman–Crippen LogP) is 2.92. The molecule has 1 aliphatic carbocycles. The van der Waals surface area contributed by atoms with Gasteiger partial charge in [0, 0.05) is 41.6 Å². The quantitative estimate of drug-likeness (QED) is 0.896. The maximum atomic E-state index is 11.4. The predicted molar refractivity (Wildman–Crippen MR) is 86.3 cm³/mol. The van der Waals surface area contributed by atoms with Crippen LogP contribution in [-0.4, -0.2) is 28.2 Å². The third-order valence-electron chi connectivity index (χ3n) is 5.36. The van der Waals surface area contributed by atoms with E-state index in [0.29, 0.717) is 24.5 Å². The highest BCUT2D eigenvalue weighted by Gasteiger charge is 2.38. The first-order valence-electron chi connectivity index (χ1n) is 8.14. The number of nitrogens with one attached hydrogen (secondary N) is 1. The maximum absolute atomic E-state index is 11.4. The minimum Gasteiger partial charge on any atom is -0.481 e. The number of fused-ring (bicyclic) bond motifs is 2. The number of hydrogen-bond donors (Lipinski definition) is 2. The number of rotatable bonds is 2. The molecule has 0 saturated carbocycles. The van der Waals surface area contributed by atoms with Crippen molar-refractivity contribution in [3.63, 3.8) is 0 Å². The van der Waals surface area contributed by atoms with Gasteiger partial charge in [0.25, 0.3) is 0 Å². The van der Waals surface area contributed by atoms with E-state index in [0.717, 1.165) is 12.8 Å². The number of carbonyl (C=O) groups is 1. The summed E-state index contributed by atoms with van der Waals surface area (Å²) in [6, 6.07) is 7.31. The third kappa shape index (κ3) is 1.90. The van der Waals surface area contributed by atoms with E-state index in [4.69, 9.17) is 0 Å². The van der Waals surface area contributed by atoms with Crippen molar-refractivity contribution < 1.29 is 9.90 Å². The normalized spacial score (nSPS) is 27.1. The summed E-state index contributed by atoms with van der Waals surface area (Å²) in [6.07, 6.45) is 4.04. The van der Waals surface area contributed by atoms with Crippen LogP contribution in [-0.2, 0) is 11.2 Å². The van der Waals surface area contributed by atoms with Crippen molar-refractivity contribution >= 4 is 16.9 Å². The molecule has 22 heavy (non-hydrogen) atoms. The zero-order valence-electron chi connectivity index (χ0n) is 13.0. The second-order valence-electron chi connectivity index (χ2n) is 6.99. The highest BCUT2D eigenvalue weighted by atomic mass is 16.4. The van der Waals surface area contributed by atoms with Gasteiger partial charge in [0.15, 0.2) is 0 Å². The first-order chi connectivity index (χ1) is 10.6. The molecule has 2 heterocycles. The topological polar surface area (TPSA) is 54.3 Å². The Balaban J connectivity index is 1.85. The van der Waals surface area contributed by atoms with E-state index in [1.54, 1.807) is 0 Å². The Morgan fingerprint density at radius 1 is 1.41 bits per heavy atom. The summed E-state index contributed by atoms with van der Waals surface area (Å²) in [5.41, 5.74) is 4.03. The van der Waals surface area contributed by atoms with E-state index in [9.17, 15) is 9.90 Å². The van der Waals surface area contributed by atoms with Crippen LogP contribution in [0.25, 0.3) is 10.9 Å². The molecule has 2 N–H and O–H groups in total. The van der Waals surface area contributed by atoms with Crippen LogP contribution in [0.2, 0.25) is 0 Å². The first-order valence-corrected chi connectivity index (χ1v) is 8.14. The SMILES string of the molecule is CC(C)n1cc2c3c(cccc31)[C@H]1C[C@@H](C(=O)O)CN[C@@H]1C2. The van der Waals surface area contributed by atoms with Crippen LogP contribution in [0.5, 0.6) is 0 Å². The Morgan fingerprint density at radius 3 is 2.95 bits per heavy atom. The van der Waals surface area contributed by atoms with E-state index >= 15 is 0 Å². The molecule has 2 aliphatic rings. The standard InChI is InChI=1S/C18H22N2O2/c1-10(2)20-9-12-7-15-14(6-11(8-19-15)18(21)22)13-4-3-5-16(20)17(12)13/h3-5,9-11,14-15,19H,6-8H2,1-2H3,(H,21,22)/t11-,14-,15-/m1/s1. The molecular weight excluding hydrogens is 276 g/mol. The molecule has 0 unspecified atom stereocenters. The molecule has 1 aromatic heterocycles. The van der Waals surface area contributed by atoms with Gasteiger partial charge in [-0.1, -0.05) is 12.1 Å². The average molecular weight is 298 g/mol. The lowest BCUT2D eigenvalue weighted by Crippen LogP contribution is -2.48. The number of piperidine rings is 1. The second kappa shape index (κ2) is 4.85. The fourth-order valence-electron chi connectivity index (χ4n) is 4.29. The Hall–Kier alpha value is -1.81. The van der Waals surface area contributed by atoms with Crippen LogP contribution in [0.4, 0.5) is 0 Å². The molecule has 4 rings (SSSR count). The van der Waals surface area contributed by atoms with Crippen LogP contribution in [0.15, 0.2) is 24.4 Å². The van der Waals surface area contributed by atoms with E-state index in [1.807, 2.05) is 0 Å². The summed E-state index contributed by atoms with van der Waals surface area (Å²) in [6.45, 7) is 5.01. The number of aromatic nitrogens is 1. The lowest BCUT2D eigenvalue weighted by Gasteiger charge is -2.39. The number of carboxylic acid groups (broad SMARTS) is 1. The summed E-state index contributed by atoms with van der Waals surface area (Å²) >= 11 is 0. The minimum atomic E-state index is -0.677. The maximum Gasteiger partial charge on any atom is 0.307 e. The van der Waals surface area contributed by atoms with Crippen LogP contribution < -0.4 is 5.32 Å². The van der Waals surface area contributed by atoms with Crippen molar-refractivity contribution in [2.75, 3.05) is 6.54 Å². The molecular formula is C18H22N2O2. The van der Waals surface area contributed by atoms with Crippen molar-refractivity contribution in [3.8, 4) is 0 Å². The van der Waals surface area contributed by atoms with Gasteiger partial charge in [0.05, 0.1) is 5.92 Å². The van der Waals surface area contributed by atoms with E-state index in [-0.39, 0.29) is 5.92 Å². The van der Waals surface area contributed by atoms with Crippen LogP contribution in [0, 0.1) is 5.92 Å². The smallest absolute Gasteiger partial charge is 0.307 e. The summed E-state index contributed by atoms with van der Waals surface area (Å²) in [7, 11) is 0. The van der Waals surface area contributed by atoms with Gasteiger partial charge >= 0.3 is 5.97 Å². The molecule has 3 atom stereocenters. The second-order valence-corrected chi connectivity index (χ2v) is 6.99. The highest BCUT2D eigenvalue weighted by Crippen LogP contribution is 2.43. The van der Waals surface area contributed by atoms with Crippen LogP contribution in [0.3, 0.4) is 0 Å². The van der Waals surface area contributed by atoms with Gasteiger partial charge in [-0.15, -0.1) is 0 Å². The molecule has 2 aromatic rings. The molecule has 0 amide bonds. The number of carboxylic acids is 1. The molecule has 1 aliphatic heterocycles. The Morgan fingerprint density at radius 2 is 2.23 bits per heavy atom. The van der Waals surface area contributed by atoms with E-state index in [1.165, 1.54) is 22.0 Å². The number of aliphatic carboxylic acids is 1. The van der Waals surface area contributed by atoms with Crippen LogP contribution in [0.1, 0.15) is 43.4 Å². The molecule has 1 aromatic carbocycles. The van der Waals surface area contributed by atoms with Gasteiger partial charge in [-0.05, 0) is 43.9 Å². The molecule has 0 spiro atoms. The van der Waals surface area contributed by atoms with Crippen molar-refractivity contribution in [3.05, 3.63) is 35.5 Å². The summed E-state index contributed by atoms with van der Waals surface area (Å²) in [4.78, 5) is 11.4. The number of benzene rings is 1. The summed E-state index contributed by atoms with van der Waals surface area (Å²) in [5, 5.41) is 14.2. The fraction of sp³-hybridized carbons (Fsp3) is 0.500. The Bertz CT molecular complexity index is 747. The van der Waals surface area contributed by atoms with Crippen molar-refractivity contribution in [1.82, 2.24) is 9.88 Å². The van der Waals surface area contributed by atoms with Crippen LogP contribution >= 0.6 is 0 Å². The van der Waals surface area contributed by atoms with Gasteiger partial charge < -0.3 is 15.0 Å². The molecule has 0 bridgehead atoms. The van der Waals surface area contributed by atoms with Crippen molar-refractivity contribution in [1.29, 1.82) is 0 Å². The van der Waals surface area contributed by atoms with Gasteiger partial charge in [-0.25, -0.2) is 0 Å². The summed E-state index contributed by atoms with van der Waals surface area (Å²) in [5.74, 6) is -0.636. The molecule has 4 nitrogen and oxygen atoms in total. The minimum absolute atomic E-state index is 0.273. The van der Waals surface area contributed by atoms with E-state index in [2.05, 4.69) is 48.1 Å². The van der Waals surface area contributed by atoms with Crippen molar-refractivity contribution in [2.24, 2.45) is 5.92 Å². The zero-order chi connectivity index (χ0) is 15.4.